The van der Waals surface area contributed by atoms with Crippen molar-refractivity contribution in [1.29, 1.82) is 0 Å². The van der Waals surface area contributed by atoms with E-state index < -0.39 is 0 Å². The van der Waals surface area contributed by atoms with Gasteiger partial charge in [-0.15, -0.1) is 0 Å². The van der Waals surface area contributed by atoms with E-state index in [1.807, 2.05) is 0 Å². The Balaban J connectivity index is 1.82. The van der Waals surface area contributed by atoms with Crippen molar-refractivity contribution in [1.82, 2.24) is 10.2 Å². The molecule has 5 unspecified atom stereocenters. The van der Waals surface area contributed by atoms with Crippen molar-refractivity contribution in [2.45, 2.75) is 65.5 Å². The summed E-state index contributed by atoms with van der Waals surface area (Å²) in [6, 6.07) is 1.46. The van der Waals surface area contributed by atoms with Crippen molar-refractivity contribution >= 4 is 0 Å². The van der Waals surface area contributed by atoms with E-state index in [1.54, 1.807) is 0 Å². The minimum atomic E-state index is 0.692. The normalized spacial score (nSPS) is 40.0. The molecule has 2 heteroatoms. The molecular weight excluding hydrogens is 220 g/mol. The minimum absolute atomic E-state index is 0.692. The van der Waals surface area contributed by atoms with Gasteiger partial charge in [0, 0.05) is 18.6 Å². The van der Waals surface area contributed by atoms with Crippen molar-refractivity contribution in [2.24, 2.45) is 17.8 Å². The molecule has 0 aromatic heterocycles. The second kappa shape index (κ2) is 6.38. The third-order valence-electron chi connectivity index (χ3n) is 5.64. The Morgan fingerprint density at radius 3 is 2.61 bits per heavy atom. The largest absolute Gasteiger partial charge is 0.311 e. The van der Waals surface area contributed by atoms with Gasteiger partial charge in [-0.3, -0.25) is 0 Å². The van der Waals surface area contributed by atoms with Crippen LogP contribution in [-0.2, 0) is 0 Å². The van der Waals surface area contributed by atoms with Gasteiger partial charge < -0.3 is 10.2 Å². The van der Waals surface area contributed by atoms with Crippen LogP contribution in [0.3, 0.4) is 0 Å². The minimum Gasteiger partial charge on any atom is -0.311 e. The Bertz CT molecular complexity index is 253. The molecule has 0 aromatic rings. The Labute approximate surface area is 114 Å². The lowest BCUT2D eigenvalue weighted by Gasteiger charge is -2.37. The Morgan fingerprint density at radius 2 is 2.00 bits per heavy atom. The number of nitrogens with one attached hydrogen (secondary N) is 1. The van der Waals surface area contributed by atoms with Crippen LogP contribution < -0.4 is 5.32 Å². The zero-order valence-electron chi connectivity index (χ0n) is 12.8. The standard InChI is InChI=1S/C16H32N2/c1-5-18-10-6-7-15(11-18)14(4)17-16-9-8-12(2)13(16)3/h12-17H,5-11H2,1-4H3. The molecule has 1 saturated heterocycles. The van der Waals surface area contributed by atoms with Gasteiger partial charge in [0.2, 0.25) is 0 Å². The second-order valence-corrected chi connectivity index (χ2v) is 6.77. The van der Waals surface area contributed by atoms with Gasteiger partial charge >= 0.3 is 0 Å². The van der Waals surface area contributed by atoms with Gasteiger partial charge in [-0.05, 0) is 63.5 Å². The van der Waals surface area contributed by atoms with E-state index >= 15 is 0 Å². The molecule has 5 atom stereocenters. The monoisotopic (exact) mass is 252 g/mol. The fourth-order valence-electron chi connectivity index (χ4n) is 3.86. The quantitative estimate of drug-likeness (QED) is 0.827. The summed E-state index contributed by atoms with van der Waals surface area (Å²) in [6.07, 6.45) is 5.61. The van der Waals surface area contributed by atoms with Crippen LogP contribution in [0, 0.1) is 17.8 Å². The van der Waals surface area contributed by atoms with Crippen LogP contribution in [0.15, 0.2) is 0 Å². The van der Waals surface area contributed by atoms with E-state index in [4.69, 9.17) is 0 Å². The highest BCUT2D eigenvalue weighted by Crippen LogP contribution is 2.32. The topological polar surface area (TPSA) is 15.3 Å². The van der Waals surface area contributed by atoms with Gasteiger partial charge in [-0.2, -0.15) is 0 Å². The number of hydrogen-bond donors (Lipinski definition) is 1. The van der Waals surface area contributed by atoms with Crippen LogP contribution >= 0.6 is 0 Å². The maximum atomic E-state index is 3.95. The molecule has 2 aliphatic rings. The van der Waals surface area contributed by atoms with Gasteiger partial charge in [0.25, 0.3) is 0 Å². The first-order chi connectivity index (χ1) is 8.61. The third kappa shape index (κ3) is 3.27. The number of rotatable bonds is 4. The Kier molecular flexibility index (Phi) is 5.08. The summed E-state index contributed by atoms with van der Waals surface area (Å²) in [5, 5.41) is 3.95. The first-order valence-electron chi connectivity index (χ1n) is 8.10. The molecule has 106 valence electrons. The van der Waals surface area contributed by atoms with Gasteiger partial charge in [-0.1, -0.05) is 20.8 Å². The lowest BCUT2D eigenvalue weighted by atomic mass is 9.90. The van der Waals surface area contributed by atoms with Crippen molar-refractivity contribution in [3.05, 3.63) is 0 Å². The average molecular weight is 252 g/mol. The number of hydrogen-bond acceptors (Lipinski definition) is 2. The molecule has 18 heavy (non-hydrogen) atoms. The summed E-state index contributed by atoms with van der Waals surface area (Å²) in [5.41, 5.74) is 0. The molecule has 2 rings (SSSR count). The molecule has 1 saturated carbocycles. The van der Waals surface area contributed by atoms with Crippen molar-refractivity contribution in [2.75, 3.05) is 19.6 Å². The van der Waals surface area contributed by atoms with Crippen molar-refractivity contribution in [3.63, 3.8) is 0 Å². The Morgan fingerprint density at radius 1 is 1.22 bits per heavy atom. The van der Waals surface area contributed by atoms with Crippen LogP contribution in [-0.4, -0.2) is 36.6 Å². The van der Waals surface area contributed by atoms with E-state index in [2.05, 4.69) is 37.9 Å². The fraction of sp³-hybridized carbons (Fsp3) is 1.00. The fourth-order valence-corrected chi connectivity index (χ4v) is 3.86. The molecule has 1 N–H and O–H groups in total. The molecule has 2 nitrogen and oxygen atoms in total. The SMILES string of the molecule is CCN1CCCC(C(C)NC2CCC(C)C2C)C1. The lowest BCUT2D eigenvalue weighted by Crippen LogP contribution is -2.48. The van der Waals surface area contributed by atoms with E-state index in [1.165, 1.54) is 45.3 Å². The van der Waals surface area contributed by atoms with Crippen LogP contribution in [0.2, 0.25) is 0 Å². The molecule has 1 heterocycles. The van der Waals surface area contributed by atoms with Gasteiger partial charge in [0.05, 0.1) is 0 Å². The second-order valence-electron chi connectivity index (χ2n) is 6.77. The molecule has 0 bridgehead atoms. The third-order valence-corrected chi connectivity index (χ3v) is 5.64. The molecule has 1 aliphatic heterocycles. The van der Waals surface area contributed by atoms with E-state index in [0.717, 1.165) is 23.8 Å². The molecule has 0 radical (unpaired) electrons. The first-order valence-corrected chi connectivity index (χ1v) is 8.10. The number of likely N-dealkylation sites (tertiary alicyclic amines) is 1. The predicted molar refractivity (Wildman–Crippen MR) is 78.8 cm³/mol. The van der Waals surface area contributed by atoms with Gasteiger partial charge in [0.15, 0.2) is 0 Å². The van der Waals surface area contributed by atoms with Crippen LogP contribution in [0.1, 0.15) is 53.4 Å². The summed E-state index contributed by atoms with van der Waals surface area (Å²) in [4.78, 5) is 2.62. The zero-order chi connectivity index (χ0) is 13.1. The summed E-state index contributed by atoms with van der Waals surface area (Å²) in [6.45, 7) is 13.4. The summed E-state index contributed by atoms with van der Waals surface area (Å²) >= 11 is 0. The Hall–Kier alpha value is -0.0800. The summed E-state index contributed by atoms with van der Waals surface area (Å²) < 4.78 is 0. The summed E-state index contributed by atoms with van der Waals surface area (Å²) in [7, 11) is 0. The van der Waals surface area contributed by atoms with Crippen LogP contribution in [0.4, 0.5) is 0 Å². The smallest absolute Gasteiger partial charge is 0.00979 e. The predicted octanol–water partition coefficient (Wildman–Crippen LogP) is 3.13. The highest BCUT2D eigenvalue weighted by molar-refractivity contribution is 4.89. The molecule has 0 aromatic carbocycles. The zero-order valence-corrected chi connectivity index (χ0v) is 12.8. The summed E-state index contributed by atoms with van der Waals surface area (Å²) in [5.74, 6) is 2.63. The van der Waals surface area contributed by atoms with Crippen LogP contribution in [0.5, 0.6) is 0 Å². The van der Waals surface area contributed by atoms with Crippen molar-refractivity contribution in [3.8, 4) is 0 Å². The van der Waals surface area contributed by atoms with E-state index in [9.17, 15) is 0 Å². The molecule has 2 fully saturated rings. The average Bonchev–Trinajstić information content (AvgIpc) is 2.71. The molecule has 1 aliphatic carbocycles. The number of piperidine rings is 1. The maximum Gasteiger partial charge on any atom is 0.00979 e. The highest BCUT2D eigenvalue weighted by atomic mass is 15.1. The lowest BCUT2D eigenvalue weighted by molar-refractivity contribution is 0.149. The molecule has 0 spiro atoms. The highest BCUT2D eigenvalue weighted by Gasteiger charge is 2.32. The number of nitrogens with zero attached hydrogens (tertiary/aromatic N) is 1. The maximum absolute atomic E-state index is 3.95. The van der Waals surface area contributed by atoms with E-state index in [0.29, 0.717) is 6.04 Å². The molecular formula is C16H32N2. The van der Waals surface area contributed by atoms with Gasteiger partial charge in [-0.25, -0.2) is 0 Å². The first kappa shape index (κ1) is 14.3. The van der Waals surface area contributed by atoms with Gasteiger partial charge in [0.1, 0.15) is 0 Å². The van der Waals surface area contributed by atoms with Crippen LogP contribution in [0.25, 0.3) is 0 Å². The van der Waals surface area contributed by atoms with Crippen molar-refractivity contribution < 1.29 is 0 Å². The van der Waals surface area contributed by atoms with E-state index in [-0.39, 0.29) is 0 Å². The molecule has 0 amide bonds.